The Morgan fingerprint density at radius 3 is 2.91 bits per heavy atom. The molecule has 23 heavy (non-hydrogen) atoms. The third kappa shape index (κ3) is 2.64. The third-order valence-corrected chi connectivity index (χ3v) is 5.07. The number of hydrogen-bond acceptors (Lipinski definition) is 3. The molecule has 0 bridgehead atoms. The zero-order valence-corrected chi connectivity index (χ0v) is 13.8. The molecule has 3 heterocycles. The van der Waals surface area contributed by atoms with E-state index in [1.807, 2.05) is 30.3 Å². The molecule has 5 nitrogen and oxygen atoms in total. The largest absolute Gasteiger partial charge is 0.308 e. The number of amides is 1. The Labute approximate surface area is 140 Å². The lowest BCUT2D eigenvalue weighted by Crippen LogP contribution is -2.44. The Balaban J connectivity index is 1.51. The van der Waals surface area contributed by atoms with Crippen LogP contribution in [0.2, 0.25) is 5.02 Å². The van der Waals surface area contributed by atoms with Gasteiger partial charge in [-0.2, -0.15) is 5.10 Å². The van der Waals surface area contributed by atoms with Crippen LogP contribution in [0, 0.1) is 0 Å². The fraction of sp³-hybridized carbons (Fsp3) is 0.412. The van der Waals surface area contributed by atoms with Crippen molar-refractivity contribution in [3.8, 4) is 0 Å². The highest BCUT2D eigenvalue weighted by molar-refractivity contribution is 6.30. The number of nitrogens with zero attached hydrogens (tertiary/aromatic N) is 4. The summed E-state index contributed by atoms with van der Waals surface area (Å²) >= 11 is 6.07. The topological polar surface area (TPSA) is 41.4 Å². The van der Waals surface area contributed by atoms with Crippen molar-refractivity contribution in [1.82, 2.24) is 14.7 Å². The minimum absolute atomic E-state index is 0.0287. The molecule has 1 aromatic heterocycles. The molecular weight excluding hydrogens is 312 g/mol. The number of hydrogen-bond donors (Lipinski definition) is 0. The number of carbonyl (C=O) groups is 1. The van der Waals surface area contributed by atoms with Gasteiger partial charge >= 0.3 is 0 Å². The van der Waals surface area contributed by atoms with Gasteiger partial charge in [0.05, 0.1) is 17.9 Å². The molecule has 6 heteroatoms. The van der Waals surface area contributed by atoms with Gasteiger partial charge in [-0.05, 0) is 36.1 Å². The van der Waals surface area contributed by atoms with Gasteiger partial charge < -0.3 is 4.90 Å². The minimum atomic E-state index is -0.0287. The van der Waals surface area contributed by atoms with E-state index in [1.165, 1.54) is 11.1 Å². The summed E-state index contributed by atoms with van der Waals surface area (Å²) in [6, 6.07) is 6.04. The average molecular weight is 331 g/mol. The van der Waals surface area contributed by atoms with E-state index >= 15 is 0 Å². The fourth-order valence-corrected chi connectivity index (χ4v) is 3.81. The number of aromatic nitrogens is 2. The van der Waals surface area contributed by atoms with E-state index in [0.29, 0.717) is 0 Å². The summed E-state index contributed by atoms with van der Waals surface area (Å²) in [4.78, 5) is 17.0. The number of fused-ring (bicyclic) bond motifs is 1. The van der Waals surface area contributed by atoms with E-state index in [2.05, 4.69) is 16.1 Å². The lowest BCUT2D eigenvalue weighted by atomic mass is 9.98. The molecule has 0 spiro atoms. The van der Waals surface area contributed by atoms with Crippen LogP contribution in [-0.2, 0) is 24.8 Å². The molecule has 4 rings (SSSR count). The molecule has 0 aliphatic carbocycles. The van der Waals surface area contributed by atoms with Gasteiger partial charge in [-0.15, -0.1) is 0 Å². The van der Waals surface area contributed by atoms with Crippen molar-refractivity contribution >= 4 is 23.2 Å². The van der Waals surface area contributed by atoms with Crippen LogP contribution in [0.5, 0.6) is 0 Å². The van der Waals surface area contributed by atoms with Gasteiger partial charge in [-0.25, -0.2) is 0 Å². The van der Waals surface area contributed by atoms with Gasteiger partial charge in [-0.1, -0.05) is 17.7 Å². The molecule has 0 radical (unpaired) electrons. The lowest BCUT2D eigenvalue weighted by Gasteiger charge is -2.32. The Bertz CT molecular complexity index is 757. The second-order valence-electron chi connectivity index (χ2n) is 6.30. The number of benzene rings is 1. The maximum absolute atomic E-state index is 12.8. The van der Waals surface area contributed by atoms with Crippen LogP contribution in [0.25, 0.3) is 0 Å². The van der Waals surface area contributed by atoms with Crippen molar-refractivity contribution < 1.29 is 4.79 Å². The summed E-state index contributed by atoms with van der Waals surface area (Å²) < 4.78 is 1.73. The highest BCUT2D eigenvalue weighted by Crippen LogP contribution is 2.29. The summed E-state index contributed by atoms with van der Waals surface area (Å²) in [5.41, 5.74) is 3.49. The maximum Gasteiger partial charge on any atom is 0.244 e. The number of halogens is 1. The monoisotopic (exact) mass is 330 g/mol. The second-order valence-corrected chi connectivity index (χ2v) is 6.74. The van der Waals surface area contributed by atoms with Crippen molar-refractivity contribution in [2.75, 3.05) is 18.0 Å². The van der Waals surface area contributed by atoms with Crippen molar-refractivity contribution in [3.05, 3.63) is 46.7 Å². The van der Waals surface area contributed by atoms with Crippen molar-refractivity contribution in [2.24, 2.45) is 7.05 Å². The highest BCUT2D eigenvalue weighted by Gasteiger charge is 2.38. The van der Waals surface area contributed by atoms with Gasteiger partial charge in [0.1, 0.15) is 0 Å². The van der Waals surface area contributed by atoms with E-state index in [0.717, 1.165) is 43.2 Å². The predicted octanol–water partition coefficient (Wildman–Crippen LogP) is 2.24. The van der Waals surface area contributed by atoms with Gasteiger partial charge in [-0.3, -0.25) is 14.4 Å². The Morgan fingerprint density at radius 2 is 2.13 bits per heavy atom. The number of rotatable bonds is 2. The van der Waals surface area contributed by atoms with Crippen LogP contribution in [0.4, 0.5) is 5.69 Å². The first-order chi connectivity index (χ1) is 11.1. The standard InChI is InChI=1S/C17H19ClN4O/c1-20-11-15(9-19-20)22-7-5-16(17(22)23)21-6-4-12-8-14(18)3-2-13(12)10-21/h2-3,8-9,11,16H,4-7,10H2,1H3. The van der Waals surface area contributed by atoms with Crippen LogP contribution >= 0.6 is 11.6 Å². The van der Waals surface area contributed by atoms with Crippen LogP contribution < -0.4 is 4.90 Å². The predicted molar refractivity (Wildman–Crippen MR) is 89.5 cm³/mol. The molecule has 2 aliphatic rings. The first kappa shape index (κ1) is 14.7. The fourth-order valence-electron chi connectivity index (χ4n) is 3.62. The molecule has 1 aromatic carbocycles. The summed E-state index contributed by atoms with van der Waals surface area (Å²) in [6.07, 6.45) is 5.48. The Morgan fingerprint density at radius 1 is 1.26 bits per heavy atom. The van der Waals surface area contributed by atoms with E-state index in [-0.39, 0.29) is 11.9 Å². The molecule has 120 valence electrons. The minimum Gasteiger partial charge on any atom is -0.308 e. The van der Waals surface area contributed by atoms with Gasteiger partial charge in [0, 0.05) is 37.9 Å². The number of carbonyl (C=O) groups excluding carboxylic acids is 1. The molecule has 2 aliphatic heterocycles. The lowest BCUT2D eigenvalue weighted by molar-refractivity contribution is -0.122. The van der Waals surface area contributed by atoms with Crippen molar-refractivity contribution in [1.29, 1.82) is 0 Å². The number of aryl methyl sites for hydroxylation is 1. The maximum atomic E-state index is 12.8. The molecule has 0 N–H and O–H groups in total. The quantitative estimate of drug-likeness (QED) is 0.848. The van der Waals surface area contributed by atoms with Gasteiger partial charge in [0.15, 0.2) is 0 Å². The van der Waals surface area contributed by atoms with Crippen LogP contribution in [0.3, 0.4) is 0 Å². The van der Waals surface area contributed by atoms with E-state index < -0.39 is 0 Å². The van der Waals surface area contributed by atoms with Gasteiger partial charge in [0.25, 0.3) is 0 Å². The molecular formula is C17H19ClN4O. The second kappa shape index (κ2) is 5.65. The van der Waals surface area contributed by atoms with Crippen LogP contribution in [0.1, 0.15) is 17.5 Å². The van der Waals surface area contributed by atoms with Crippen molar-refractivity contribution in [2.45, 2.75) is 25.4 Å². The van der Waals surface area contributed by atoms with E-state index in [1.54, 1.807) is 10.9 Å². The Kier molecular flexibility index (Phi) is 3.62. The molecule has 1 amide bonds. The molecule has 1 unspecified atom stereocenters. The molecule has 1 saturated heterocycles. The first-order valence-corrected chi connectivity index (χ1v) is 8.31. The SMILES string of the molecule is Cn1cc(N2CCC(N3CCc4cc(Cl)ccc4C3)C2=O)cn1. The Hall–Kier alpha value is -1.85. The van der Waals surface area contributed by atoms with E-state index in [4.69, 9.17) is 11.6 Å². The van der Waals surface area contributed by atoms with Crippen LogP contribution in [0.15, 0.2) is 30.6 Å². The van der Waals surface area contributed by atoms with E-state index in [9.17, 15) is 4.79 Å². The summed E-state index contributed by atoms with van der Waals surface area (Å²) in [5.74, 6) is 0.190. The van der Waals surface area contributed by atoms with Crippen LogP contribution in [-0.4, -0.2) is 39.7 Å². The zero-order chi connectivity index (χ0) is 16.0. The smallest absolute Gasteiger partial charge is 0.244 e. The van der Waals surface area contributed by atoms with Gasteiger partial charge in [0.2, 0.25) is 5.91 Å². The molecule has 2 aromatic rings. The highest BCUT2D eigenvalue weighted by atomic mass is 35.5. The first-order valence-electron chi connectivity index (χ1n) is 7.93. The van der Waals surface area contributed by atoms with Crippen molar-refractivity contribution in [3.63, 3.8) is 0 Å². The summed E-state index contributed by atoms with van der Waals surface area (Å²) in [7, 11) is 1.87. The molecule has 1 fully saturated rings. The molecule has 0 saturated carbocycles. The summed E-state index contributed by atoms with van der Waals surface area (Å²) in [6.45, 7) is 2.49. The summed E-state index contributed by atoms with van der Waals surface area (Å²) in [5, 5.41) is 4.96. The zero-order valence-electron chi connectivity index (χ0n) is 13.1. The third-order valence-electron chi connectivity index (χ3n) is 4.83. The normalized spacial score (nSPS) is 21.7. The molecule has 1 atom stereocenters. The average Bonchev–Trinajstić information content (AvgIpc) is 3.12. The number of anilines is 1.